The summed E-state index contributed by atoms with van der Waals surface area (Å²) in [5.41, 5.74) is 5.84. The first kappa shape index (κ1) is 12.6. The van der Waals surface area contributed by atoms with Crippen LogP contribution >= 0.6 is 0 Å². The molecule has 0 aromatic carbocycles. The average Bonchev–Trinajstić information content (AvgIpc) is 2.26. The third kappa shape index (κ3) is 2.69. The van der Waals surface area contributed by atoms with E-state index in [9.17, 15) is 10.1 Å². The first-order valence-corrected chi connectivity index (χ1v) is 6.04. The van der Waals surface area contributed by atoms with Crippen LogP contribution in [0.2, 0.25) is 0 Å². The van der Waals surface area contributed by atoms with Gasteiger partial charge in [0, 0.05) is 13.1 Å². The summed E-state index contributed by atoms with van der Waals surface area (Å²) in [7, 11) is 0. The molecule has 0 radical (unpaired) electrons. The first-order chi connectivity index (χ1) is 8.37. The Morgan fingerprint density at radius 2 is 2.22 bits per heavy atom. The van der Waals surface area contributed by atoms with Crippen LogP contribution in [0.4, 0.5) is 17.3 Å². The number of hydrogen-bond donors (Lipinski definition) is 1. The Bertz CT molecular complexity index is 473. The maximum atomic E-state index is 10.8. The van der Waals surface area contributed by atoms with Crippen molar-refractivity contribution < 1.29 is 4.92 Å². The van der Waals surface area contributed by atoms with Crippen LogP contribution in [0.15, 0.2) is 12.1 Å². The molecule has 0 saturated carbocycles. The van der Waals surface area contributed by atoms with E-state index in [1.54, 1.807) is 0 Å². The number of piperidine rings is 1. The molecule has 1 aliphatic heterocycles. The third-order valence-electron chi connectivity index (χ3n) is 3.25. The van der Waals surface area contributed by atoms with E-state index < -0.39 is 4.92 Å². The van der Waals surface area contributed by atoms with E-state index >= 15 is 0 Å². The van der Waals surface area contributed by atoms with Gasteiger partial charge in [-0.25, -0.2) is 4.98 Å². The fourth-order valence-electron chi connectivity index (χ4n) is 2.41. The molecule has 0 spiro atoms. The second-order valence-corrected chi connectivity index (χ2v) is 5.55. The molecule has 0 aliphatic carbocycles. The molecule has 1 fully saturated rings. The van der Waals surface area contributed by atoms with Crippen molar-refractivity contribution in [1.29, 1.82) is 0 Å². The highest BCUT2D eigenvalue weighted by molar-refractivity contribution is 5.54. The SMILES string of the molecule is CC1(C)CCCN(c2cc([N+](=O)[O-])cc(N)n2)C1. The van der Waals surface area contributed by atoms with E-state index in [0.29, 0.717) is 5.82 Å². The number of nitrogen functional groups attached to an aromatic ring is 1. The lowest BCUT2D eigenvalue weighted by atomic mass is 9.84. The molecular weight excluding hydrogens is 232 g/mol. The van der Waals surface area contributed by atoms with Crippen molar-refractivity contribution in [3.05, 3.63) is 22.2 Å². The molecule has 1 aliphatic rings. The molecule has 2 heterocycles. The predicted octanol–water partition coefficient (Wildman–Crippen LogP) is 2.20. The Hall–Kier alpha value is -1.85. The van der Waals surface area contributed by atoms with E-state index in [-0.39, 0.29) is 16.9 Å². The highest BCUT2D eigenvalue weighted by Gasteiger charge is 2.28. The standard InChI is InChI=1S/C12H18N4O2/c1-12(2)4-3-5-15(8-12)11-7-9(16(17)18)6-10(13)14-11/h6-7H,3-5,8H2,1-2H3,(H2,13,14). The van der Waals surface area contributed by atoms with Crippen molar-refractivity contribution in [2.24, 2.45) is 5.41 Å². The summed E-state index contributed by atoms with van der Waals surface area (Å²) in [5, 5.41) is 10.8. The second kappa shape index (κ2) is 4.44. The van der Waals surface area contributed by atoms with Gasteiger partial charge in [0.2, 0.25) is 0 Å². The number of nitrogens with two attached hydrogens (primary N) is 1. The monoisotopic (exact) mass is 250 g/mol. The molecule has 1 aromatic heterocycles. The molecule has 1 saturated heterocycles. The Kier molecular flexibility index (Phi) is 3.11. The summed E-state index contributed by atoms with van der Waals surface area (Å²) in [4.78, 5) is 16.7. The summed E-state index contributed by atoms with van der Waals surface area (Å²) in [5.74, 6) is 0.803. The van der Waals surface area contributed by atoms with Crippen molar-refractivity contribution in [1.82, 2.24) is 4.98 Å². The van der Waals surface area contributed by atoms with Gasteiger partial charge in [0.25, 0.3) is 5.69 Å². The Labute approximate surface area is 106 Å². The van der Waals surface area contributed by atoms with Crippen molar-refractivity contribution in [3.8, 4) is 0 Å². The number of nitro groups is 1. The molecule has 2 N–H and O–H groups in total. The molecule has 2 rings (SSSR count). The van der Waals surface area contributed by atoms with Gasteiger partial charge in [0.05, 0.1) is 17.1 Å². The number of aromatic nitrogens is 1. The minimum Gasteiger partial charge on any atom is -0.383 e. The van der Waals surface area contributed by atoms with Crippen LogP contribution in [-0.2, 0) is 0 Å². The molecule has 1 aromatic rings. The zero-order chi connectivity index (χ0) is 13.3. The minimum atomic E-state index is -0.434. The summed E-state index contributed by atoms with van der Waals surface area (Å²) in [6.07, 6.45) is 2.23. The zero-order valence-corrected chi connectivity index (χ0v) is 10.7. The number of pyridine rings is 1. The Morgan fingerprint density at radius 1 is 1.50 bits per heavy atom. The Balaban J connectivity index is 2.30. The van der Waals surface area contributed by atoms with E-state index in [4.69, 9.17) is 5.73 Å². The molecule has 6 nitrogen and oxygen atoms in total. The maximum absolute atomic E-state index is 10.8. The van der Waals surface area contributed by atoms with E-state index in [1.807, 2.05) is 0 Å². The topological polar surface area (TPSA) is 85.3 Å². The lowest BCUT2D eigenvalue weighted by Gasteiger charge is -2.38. The highest BCUT2D eigenvalue weighted by atomic mass is 16.6. The van der Waals surface area contributed by atoms with E-state index in [2.05, 4.69) is 23.7 Å². The second-order valence-electron chi connectivity index (χ2n) is 5.55. The summed E-state index contributed by atoms with van der Waals surface area (Å²) in [6, 6.07) is 2.79. The number of anilines is 2. The average molecular weight is 250 g/mol. The fraction of sp³-hybridized carbons (Fsp3) is 0.583. The normalized spacial score (nSPS) is 18.7. The van der Waals surface area contributed by atoms with Gasteiger partial charge in [0.15, 0.2) is 0 Å². The van der Waals surface area contributed by atoms with Crippen LogP contribution < -0.4 is 10.6 Å². The summed E-state index contributed by atoms with van der Waals surface area (Å²) >= 11 is 0. The molecule has 0 atom stereocenters. The highest BCUT2D eigenvalue weighted by Crippen LogP contribution is 2.32. The third-order valence-corrected chi connectivity index (χ3v) is 3.25. The molecule has 0 amide bonds. The zero-order valence-electron chi connectivity index (χ0n) is 10.7. The largest absolute Gasteiger partial charge is 0.383 e. The quantitative estimate of drug-likeness (QED) is 0.642. The van der Waals surface area contributed by atoms with Crippen LogP contribution in [-0.4, -0.2) is 23.0 Å². The van der Waals surface area contributed by atoms with Gasteiger partial charge >= 0.3 is 0 Å². The van der Waals surface area contributed by atoms with Gasteiger partial charge in [-0.15, -0.1) is 0 Å². The van der Waals surface area contributed by atoms with Crippen LogP contribution in [0.3, 0.4) is 0 Å². The van der Waals surface area contributed by atoms with E-state index in [0.717, 1.165) is 25.9 Å². The van der Waals surface area contributed by atoms with Crippen LogP contribution in [0.25, 0.3) is 0 Å². The van der Waals surface area contributed by atoms with Crippen molar-refractivity contribution in [2.75, 3.05) is 23.7 Å². The lowest BCUT2D eigenvalue weighted by Crippen LogP contribution is -2.40. The van der Waals surface area contributed by atoms with Gasteiger partial charge < -0.3 is 10.6 Å². The van der Waals surface area contributed by atoms with Crippen LogP contribution in [0.1, 0.15) is 26.7 Å². The number of nitrogens with zero attached hydrogens (tertiary/aromatic N) is 3. The van der Waals surface area contributed by atoms with Crippen molar-refractivity contribution in [2.45, 2.75) is 26.7 Å². The van der Waals surface area contributed by atoms with Gasteiger partial charge in [-0.1, -0.05) is 13.8 Å². The van der Waals surface area contributed by atoms with Crippen LogP contribution in [0, 0.1) is 15.5 Å². The van der Waals surface area contributed by atoms with Crippen molar-refractivity contribution in [3.63, 3.8) is 0 Å². The molecule has 18 heavy (non-hydrogen) atoms. The van der Waals surface area contributed by atoms with Crippen molar-refractivity contribution >= 4 is 17.3 Å². The predicted molar refractivity (Wildman–Crippen MR) is 70.5 cm³/mol. The summed E-state index contributed by atoms with van der Waals surface area (Å²) in [6.45, 7) is 6.11. The Morgan fingerprint density at radius 3 is 2.83 bits per heavy atom. The molecular formula is C12H18N4O2. The van der Waals surface area contributed by atoms with Gasteiger partial charge in [-0.05, 0) is 18.3 Å². The van der Waals surface area contributed by atoms with Gasteiger partial charge in [-0.2, -0.15) is 0 Å². The van der Waals surface area contributed by atoms with E-state index in [1.165, 1.54) is 12.1 Å². The van der Waals surface area contributed by atoms with Crippen LogP contribution in [0.5, 0.6) is 0 Å². The smallest absolute Gasteiger partial charge is 0.276 e. The lowest BCUT2D eigenvalue weighted by molar-refractivity contribution is -0.384. The minimum absolute atomic E-state index is 0.000814. The molecule has 0 bridgehead atoms. The molecule has 0 unspecified atom stereocenters. The first-order valence-electron chi connectivity index (χ1n) is 6.04. The number of rotatable bonds is 2. The fourth-order valence-corrected chi connectivity index (χ4v) is 2.41. The molecule has 98 valence electrons. The maximum Gasteiger partial charge on any atom is 0.276 e. The molecule has 6 heteroatoms. The van der Waals surface area contributed by atoms with Gasteiger partial charge in [0.1, 0.15) is 11.6 Å². The number of hydrogen-bond acceptors (Lipinski definition) is 5. The summed E-state index contributed by atoms with van der Waals surface area (Å²) < 4.78 is 0. The van der Waals surface area contributed by atoms with Gasteiger partial charge in [-0.3, -0.25) is 10.1 Å².